The molecule has 1 saturated carbocycles. The Morgan fingerprint density at radius 2 is 1.77 bits per heavy atom. The molecule has 0 radical (unpaired) electrons. The molecule has 1 aliphatic carbocycles. The first-order valence-corrected chi connectivity index (χ1v) is 10.7. The fourth-order valence-electron chi connectivity index (χ4n) is 3.95. The summed E-state index contributed by atoms with van der Waals surface area (Å²) in [7, 11) is 0. The van der Waals surface area contributed by atoms with E-state index in [4.69, 9.17) is 17.3 Å². The SMILES string of the molecule is Nc1c(NC(=O)NCC2CCCCC2)c(-c2ccccc2)nn1-c1ccccc1Cl. The maximum Gasteiger partial charge on any atom is 0.319 e. The predicted octanol–water partition coefficient (Wildman–Crippen LogP) is 5.48. The first-order chi connectivity index (χ1) is 14.6. The van der Waals surface area contributed by atoms with Crippen molar-refractivity contribution >= 4 is 29.1 Å². The minimum atomic E-state index is -0.275. The highest BCUT2D eigenvalue weighted by molar-refractivity contribution is 6.32. The Hall–Kier alpha value is -2.99. The molecule has 1 aliphatic rings. The van der Waals surface area contributed by atoms with Gasteiger partial charge < -0.3 is 16.4 Å². The molecule has 4 N–H and O–H groups in total. The van der Waals surface area contributed by atoms with Crippen LogP contribution in [0.4, 0.5) is 16.3 Å². The molecule has 0 aliphatic heterocycles. The average Bonchev–Trinajstić information content (AvgIpc) is 3.10. The summed E-state index contributed by atoms with van der Waals surface area (Å²) in [4.78, 5) is 12.7. The Kier molecular flexibility index (Phi) is 6.23. The number of nitrogens with two attached hydrogens (primary N) is 1. The van der Waals surface area contributed by atoms with E-state index in [1.807, 2.05) is 48.5 Å². The van der Waals surface area contributed by atoms with Crippen molar-refractivity contribution in [3.8, 4) is 16.9 Å². The topological polar surface area (TPSA) is 85.0 Å². The third kappa shape index (κ3) is 4.44. The van der Waals surface area contributed by atoms with E-state index in [-0.39, 0.29) is 6.03 Å². The lowest BCUT2D eigenvalue weighted by Crippen LogP contribution is -2.34. The van der Waals surface area contributed by atoms with Gasteiger partial charge in [-0.3, -0.25) is 0 Å². The monoisotopic (exact) mass is 423 g/mol. The lowest BCUT2D eigenvalue weighted by molar-refractivity contribution is 0.247. The van der Waals surface area contributed by atoms with Gasteiger partial charge in [0, 0.05) is 12.1 Å². The summed E-state index contributed by atoms with van der Waals surface area (Å²) in [5.41, 5.74) is 9.02. The largest absolute Gasteiger partial charge is 0.382 e. The smallest absolute Gasteiger partial charge is 0.319 e. The highest BCUT2D eigenvalue weighted by Crippen LogP contribution is 2.35. The normalized spacial score (nSPS) is 14.4. The van der Waals surface area contributed by atoms with Gasteiger partial charge in [-0.1, -0.05) is 73.3 Å². The van der Waals surface area contributed by atoms with E-state index in [1.165, 1.54) is 32.1 Å². The Balaban J connectivity index is 1.62. The van der Waals surface area contributed by atoms with Crippen molar-refractivity contribution in [1.82, 2.24) is 15.1 Å². The number of hydrogen-bond donors (Lipinski definition) is 3. The van der Waals surface area contributed by atoms with Gasteiger partial charge in [0.05, 0.1) is 10.7 Å². The molecule has 4 rings (SSSR count). The van der Waals surface area contributed by atoms with E-state index in [0.717, 1.165) is 5.56 Å². The predicted molar refractivity (Wildman–Crippen MR) is 122 cm³/mol. The molecule has 1 aromatic heterocycles. The third-order valence-corrected chi connectivity index (χ3v) is 5.88. The quantitative estimate of drug-likeness (QED) is 0.508. The van der Waals surface area contributed by atoms with Gasteiger partial charge in [-0.2, -0.15) is 5.10 Å². The van der Waals surface area contributed by atoms with Crippen molar-refractivity contribution in [3.05, 3.63) is 59.6 Å². The molecular weight excluding hydrogens is 398 g/mol. The van der Waals surface area contributed by atoms with Gasteiger partial charge in [0.2, 0.25) is 0 Å². The molecule has 156 valence electrons. The molecule has 2 aromatic carbocycles. The Morgan fingerprint density at radius 3 is 2.50 bits per heavy atom. The Bertz CT molecular complexity index is 1010. The molecule has 0 unspecified atom stereocenters. The summed E-state index contributed by atoms with van der Waals surface area (Å²) in [6.45, 7) is 0.672. The molecule has 7 heteroatoms. The maximum atomic E-state index is 12.7. The number of para-hydroxylation sites is 1. The van der Waals surface area contributed by atoms with Crippen LogP contribution in [-0.4, -0.2) is 22.4 Å². The van der Waals surface area contributed by atoms with E-state index in [0.29, 0.717) is 40.4 Å². The van der Waals surface area contributed by atoms with Gasteiger partial charge in [-0.15, -0.1) is 0 Å². The van der Waals surface area contributed by atoms with Crippen molar-refractivity contribution in [2.45, 2.75) is 32.1 Å². The highest BCUT2D eigenvalue weighted by Gasteiger charge is 2.22. The summed E-state index contributed by atoms with van der Waals surface area (Å²) in [5.74, 6) is 0.871. The van der Waals surface area contributed by atoms with E-state index < -0.39 is 0 Å². The summed E-state index contributed by atoms with van der Waals surface area (Å²) in [6, 6.07) is 16.7. The number of halogens is 1. The Morgan fingerprint density at radius 1 is 1.07 bits per heavy atom. The zero-order valence-corrected chi connectivity index (χ0v) is 17.5. The second-order valence-corrected chi connectivity index (χ2v) is 8.08. The van der Waals surface area contributed by atoms with Crippen LogP contribution in [0.3, 0.4) is 0 Å². The number of nitrogens with zero attached hydrogens (tertiary/aromatic N) is 2. The van der Waals surface area contributed by atoms with Crippen LogP contribution < -0.4 is 16.4 Å². The fraction of sp³-hybridized carbons (Fsp3) is 0.304. The number of aromatic nitrogens is 2. The number of hydrogen-bond acceptors (Lipinski definition) is 3. The number of anilines is 2. The molecule has 6 nitrogen and oxygen atoms in total. The van der Waals surface area contributed by atoms with Gasteiger partial charge in [0.1, 0.15) is 11.4 Å². The fourth-order valence-corrected chi connectivity index (χ4v) is 4.16. The minimum absolute atomic E-state index is 0.275. The zero-order chi connectivity index (χ0) is 20.9. The van der Waals surface area contributed by atoms with Crippen LogP contribution in [0.25, 0.3) is 16.9 Å². The zero-order valence-electron chi connectivity index (χ0n) is 16.8. The van der Waals surface area contributed by atoms with Gasteiger partial charge in [0.25, 0.3) is 0 Å². The molecule has 3 aromatic rings. The van der Waals surface area contributed by atoms with Crippen LogP contribution in [0.1, 0.15) is 32.1 Å². The maximum absolute atomic E-state index is 12.7. The van der Waals surface area contributed by atoms with Crippen molar-refractivity contribution < 1.29 is 4.79 Å². The molecule has 0 bridgehead atoms. The molecule has 2 amide bonds. The molecule has 1 fully saturated rings. The second-order valence-electron chi connectivity index (χ2n) is 7.68. The van der Waals surface area contributed by atoms with Gasteiger partial charge in [0.15, 0.2) is 5.82 Å². The van der Waals surface area contributed by atoms with Crippen LogP contribution in [0, 0.1) is 5.92 Å². The lowest BCUT2D eigenvalue weighted by Gasteiger charge is -2.21. The van der Waals surface area contributed by atoms with E-state index >= 15 is 0 Å². The summed E-state index contributed by atoms with van der Waals surface area (Å²) in [6.07, 6.45) is 6.11. The Labute approximate surface area is 181 Å². The van der Waals surface area contributed by atoms with Crippen LogP contribution in [0.5, 0.6) is 0 Å². The molecule has 0 atom stereocenters. The number of benzene rings is 2. The van der Waals surface area contributed by atoms with Gasteiger partial charge >= 0.3 is 6.03 Å². The number of rotatable bonds is 5. The summed E-state index contributed by atoms with van der Waals surface area (Å²) < 4.78 is 1.57. The summed E-state index contributed by atoms with van der Waals surface area (Å²) in [5, 5.41) is 11.1. The van der Waals surface area contributed by atoms with Crippen LogP contribution in [0.2, 0.25) is 5.02 Å². The number of carbonyl (C=O) groups excluding carboxylic acids is 1. The molecular formula is C23H26ClN5O. The van der Waals surface area contributed by atoms with Crippen molar-refractivity contribution in [1.29, 1.82) is 0 Å². The molecule has 30 heavy (non-hydrogen) atoms. The summed E-state index contributed by atoms with van der Waals surface area (Å²) >= 11 is 6.36. The highest BCUT2D eigenvalue weighted by atomic mass is 35.5. The minimum Gasteiger partial charge on any atom is -0.382 e. The van der Waals surface area contributed by atoms with E-state index in [2.05, 4.69) is 15.7 Å². The third-order valence-electron chi connectivity index (χ3n) is 5.56. The van der Waals surface area contributed by atoms with Crippen LogP contribution in [0.15, 0.2) is 54.6 Å². The number of amides is 2. The number of nitrogens with one attached hydrogen (secondary N) is 2. The first kappa shape index (κ1) is 20.3. The second kappa shape index (κ2) is 9.22. The van der Waals surface area contributed by atoms with Crippen molar-refractivity contribution in [2.24, 2.45) is 5.92 Å². The van der Waals surface area contributed by atoms with Gasteiger partial charge in [-0.25, -0.2) is 9.48 Å². The van der Waals surface area contributed by atoms with Crippen LogP contribution in [-0.2, 0) is 0 Å². The van der Waals surface area contributed by atoms with Gasteiger partial charge in [-0.05, 0) is 30.9 Å². The van der Waals surface area contributed by atoms with E-state index in [9.17, 15) is 4.79 Å². The molecule has 0 spiro atoms. The molecule has 1 heterocycles. The molecule has 0 saturated heterocycles. The van der Waals surface area contributed by atoms with E-state index in [1.54, 1.807) is 10.7 Å². The van der Waals surface area contributed by atoms with Crippen molar-refractivity contribution in [2.75, 3.05) is 17.6 Å². The first-order valence-electron chi connectivity index (χ1n) is 10.4. The average molecular weight is 424 g/mol. The van der Waals surface area contributed by atoms with Crippen molar-refractivity contribution in [3.63, 3.8) is 0 Å². The number of carbonyl (C=O) groups is 1. The number of nitrogen functional groups attached to an aromatic ring is 1. The van der Waals surface area contributed by atoms with Crippen LogP contribution >= 0.6 is 11.6 Å². The standard InChI is InChI=1S/C23H26ClN5O/c24-18-13-7-8-14-19(18)29-22(25)21(20(28-29)17-11-5-2-6-12-17)27-23(30)26-15-16-9-3-1-4-10-16/h2,5-8,11-14,16H,1,3-4,9-10,15,25H2,(H2,26,27,30). The number of urea groups is 1. The lowest BCUT2D eigenvalue weighted by atomic mass is 9.89.